The van der Waals surface area contributed by atoms with E-state index in [4.69, 9.17) is 4.42 Å². The monoisotopic (exact) mass is 369 g/mol. The van der Waals surface area contributed by atoms with Gasteiger partial charge in [-0.1, -0.05) is 38.1 Å². The Hall–Kier alpha value is -2.60. The van der Waals surface area contributed by atoms with Crippen LogP contribution in [-0.2, 0) is 29.1 Å². The Balaban J connectivity index is 1.60. The van der Waals surface area contributed by atoms with Crippen molar-refractivity contribution in [3.05, 3.63) is 59.5 Å². The van der Waals surface area contributed by atoms with Gasteiger partial charge >= 0.3 is 0 Å². The molecule has 2 unspecified atom stereocenters. The minimum atomic E-state index is -0.563. The number of rotatable bonds is 7. The van der Waals surface area contributed by atoms with E-state index in [9.17, 15) is 9.59 Å². The van der Waals surface area contributed by atoms with Gasteiger partial charge in [0.2, 0.25) is 11.8 Å². The molecule has 2 heterocycles. The molecule has 6 heteroatoms. The van der Waals surface area contributed by atoms with Gasteiger partial charge in [-0.3, -0.25) is 9.59 Å². The second kappa shape index (κ2) is 8.86. The molecule has 6 nitrogen and oxygen atoms in total. The predicted molar refractivity (Wildman–Crippen MR) is 103 cm³/mol. The van der Waals surface area contributed by atoms with E-state index >= 15 is 0 Å². The highest BCUT2D eigenvalue weighted by Gasteiger charge is 2.28. The van der Waals surface area contributed by atoms with Crippen molar-refractivity contribution < 1.29 is 14.0 Å². The van der Waals surface area contributed by atoms with Gasteiger partial charge in [0.15, 0.2) is 0 Å². The summed E-state index contributed by atoms with van der Waals surface area (Å²) < 4.78 is 5.24. The number of carbonyl (C=O) groups is 2. The molecule has 0 fully saturated rings. The van der Waals surface area contributed by atoms with Crippen molar-refractivity contribution in [1.29, 1.82) is 0 Å². The van der Waals surface area contributed by atoms with Crippen LogP contribution in [0, 0.1) is 5.92 Å². The van der Waals surface area contributed by atoms with Gasteiger partial charge < -0.3 is 20.4 Å². The van der Waals surface area contributed by atoms with Crippen LogP contribution in [0.25, 0.3) is 0 Å². The SMILES string of the molecule is CC(C)CC(NC(=O)C1Cc2ccccc2CN1)C(=O)NCc1ccco1. The highest BCUT2D eigenvalue weighted by Crippen LogP contribution is 2.16. The minimum absolute atomic E-state index is 0.136. The molecule has 144 valence electrons. The summed E-state index contributed by atoms with van der Waals surface area (Å²) in [5.41, 5.74) is 2.40. The molecule has 0 saturated carbocycles. The number of benzene rings is 1. The van der Waals surface area contributed by atoms with E-state index in [2.05, 4.69) is 28.1 Å². The van der Waals surface area contributed by atoms with Crippen LogP contribution in [0.2, 0.25) is 0 Å². The van der Waals surface area contributed by atoms with Crippen molar-refractivity contribution in [2.45, 2.75) is 51.9 Å². The quantitative estimate of drug-likeness (QED) is 0.698. The van der Waals surface area contributed by atoms with E-state index in [0.717, 1.165) is 0 Å². The van der Waals surface area contributed by atoms with E-state index in [-0.39, 0.29) is 23.8 Å². The van der Waals surface area contributed by atoms with Gasteiger partial charge in [0.25, 0.3) is 0 Å². The first-order valence-electron chi connectivity index (χ1n) is 9.43. The van der Waals surface area contributed by atoms with E-state index in [1.54, 1.807) is 18.4 Å². The van der Waals surface area contributed by atoms with Gasteiger partial charge in [-0.25, -0.2) is 0 Å². The average molecular weight is 369 g/mol. The molecule has 0 spiro atoms. The first-order valence-corrected chi connectivity index (χ1v) is 9.43. The summed E-state index contributed by atoms with van der Waals surface area (Å²) in [6.45, 7) is 5.04. The van der Waals surface area contributed by atoms with Crippen molar-refractivity contribution >= 4 is 11.8 Å². The molecule has 2 amide bonds. The lowest BCUT2D eigenvalue weighted by molar-refractivity contribution is -0.130. The number of nitrogens with one attached hydrogen (secondary N) is 3. The Morgan fingerprint density at radius 3 is 2.67 bits per heavy atom. The highest BCUT2D eigenvalue weighted by molar-refractivity contribution is 5.90. The predicted octanol–water partition coefficient (Wildman–Crippen LogP) is 2.14. The summed E-state index contributed by atoms with van der Waals surface area (Å²) in [5, 5.41) is 9.05. The zero-order chi connectivity index (χ0) is 19.2. The maximum absolute atomic E-state index is 12.8. The van der Waals surface area contributed by atoms with Gasteiger partial charge in [-0.15, -0.1) is 0 Å². The topological polar surface area (TPSA) is 83.4 Å². The molecule has 2 aromatic rings. The standard InChI is InChI=1S/C21H27N3O3/c1-14(2)10-19(20(25)23-13-17-8-5-9-27-17)24-21(26)18-11-15-6-3-4-7-16(15)12-22-18/h3-9,14,18-19,22H,10-13H2,1-2H3,(H,23,25)(H,24,26). The number of fused-ring (bicyclic) bond motifs is 1. The fourth-order valence-electron chi connectivity index (χ4n) is 3.33. The number of furan rings is 1. The highest BCUT2D eigenvalue weighted by atomic mass is 16.3. The number of amides is 2. The zero-order valence-corrected chi connectivity index (χ0v) is 15.8. The lowest BCUT2D eigenvalue weighted by Crippen LogP contribution is -2.54. The molecule has 3 N–H and O–H groups in total. The van der Waals surface area contributed by atoms with Crippen molar-refractivity contribution in [3.63, 3.8) is 0 Å². The molecule has 1 aromatic heterocycles. The van der Waals surface area contributed by atoms with Crippen LogP contribution in [0.1, 0.15) is 37.2 Å². The molecule has 0 bridgehead atoms. The summed E-state index contributed by atoms with van der Waals surface area (Å²) in [7, 11) is 0. The van der Waals surface area contributed by atoms with Gasteiger partial charge in [0.05, 0.1) is 18.8 Å². The Bertz CT molecular complexity index is 771. The number of hydrogen-bond acceptors (Lipinski definition) is 4. The van der Waals surface area contributed by atoms with Crippen LogP contribution >= 0.6 is 0 Å². The zero-order valence-electron chi connectivity index (χ0n) is 15.8. The van der Waals surface area contributed by atoms with Crippen LogP contribution in [0.15, 0.2) is 47.1 Å². The van der Waals surface area contributed by atoms with Crippen molar-refractivity contribution in [3.8, 4) is 0 Å². The third-order valence-corrected chi connectivity index (χ3v) is 4.75. The smallest absolute Gasteiger partial charge is 0.242 e. The largest absolute Gasteiger partial charge is 0.467 e. The Kier molecular flexibility index (Phi) is 6.29. The van der Waals surface area contributed by atoms with Crippen LogP contribution in [0.5, 0.6) is 0 Å². The Morgan fingerprint density at radius 2 is 1.96 bits per heavy atom. The first-order chi connectivity index (χ1) is 13.0. The molecular formula is C21H27N3O3. The Labute approximate surface area is 159 Å². The van der Waals surface area contributed by atoms with Gasteiger partial charge in [0, 0.05) is 6.54 Å². The normalized spacial score (nSPS) is 17.2. The third-order valence-electron chi connectivity index (χ3n) is 4.75. The van der Waals surface area contributed by atoms with E-state index < -0.39 is 6.04 Å². The van der Waals surface area contributed by atoms with Gasteiger partial charge in [0.1, 0.15) is 11.8 Å². The first kappa shape index (κ1) is 19.2. The molecule has 1 aliphatic rings. The number of carbonyl (C=O) groups excluding carboxylic acids is 2. The molecular weight excluding hydrogens is 342 g/mol. The summed E-state index contributed by atoms with van der Waals surface area (Å²) >= 11 is 0. The molecule has 0 saturated heterocycles. The van der Waals surface area contributed by atoms with E-state index in [1.807, 2.05) is 26.0 Å². The molecule has 27 heavy (non-hydrogen) atoms. The Morgan fingerprint density at radius 1 is 1.19 bits per heavy atom. The molecule has 2 atom stereocenters. The molecule has 0 radical (unpaired) electrons. The lowest BCUT2D eigenvalue weighted by atomic mass is 9.95. The van der Waals surface area contributed by atoms with Crippen LogP contribution < -0.4 is 16.0 Å². The van der Waals surface area contributed by atoms with Crippen molar-refractivity contribution in [1.82, 2.24) is 16.0 Å². The van der Waals surface area contributed by atoms with Crippen molar-refractivity contribution in [2.75, 3.05) is 0 Å². The van der Waals surface area contributed by atoms with E-state index in [1.165, 1.54) is 11.1 Å². The van der Waals surface area contributed by atoms with Gasteiger partial charge in [-0.05, 0) is 42.0 Å². The summed E-state index contributed by atoms with van der Waals surface area (Å²) in [4.78, 5) is 25.4. The average Bonchev–Trinajstić information content (AvgIpc) is 3.18. The summed E-state index contributed by atoms with van der Waals surface area (Å²) in [5.74, 6) is 0.640. The van der Waals surface area contributed by atoms with Crippen LogP contribution in [0.4, 0.5) is 0 Å². The maximum atomic E-state index is 12.8. The fraction of sp³-hybridized carbons (Fsp3) is 0.429. The molecule has 0 aliphatic carbocycles. The van der Waals surface area contributed by atoms with Crippen molar-refractivity contribution in [2.24, 2.45) is 5.92 Å². The minimum Gasteiger partial charge on any atom is -0.467 e. The van der Waals surface area contributed by atoms with Crippen LogP contribution in [-0.4, -0.2) is 23.9 Å². The molecule has 1 aromatic carbocycles. The fourth-order valence-corrected chi connectivity index (χ4v) is 3.33. The van der Waals surface area contributed by atoms with E-state index in [0.29, 0.717) is 31.7 Å². The second-order valence-corrected chi connectivity index (χ2v) is 7.39. The third kappa shape index (κ3) is 5.20. The lowest BCUT2D eigenvalue weighted by Gasteiger charge is -2.27. The molecule has 3 rings (SSSR count). The molecule has 1 aliphatic heterocycles. The maximum Gasteiger partial charge on any atom is 0.242 e. The van der Waals surface area contributed by atoms with Crippen LogP contribution in [0.3, 0.4) is 0 Å². The number of hydrogen-bond donors (Lipinski definition) is 3. The summed E-state index contributed by atoms with van der Waals surface area (Å²) in [6, 6.07) is 10.8. The summed E-state index contributed by atoms with van der Waals surface area (Å²) in [6.07, 6.45) is 2.78. The second-order valence-electron chi connectivity index (χ2n) is 7.39. The van der Waals surface area contributed by atoms with Gasteiger partial charge in [-0.2, -0.15) is 0 Å².